The third-order valence-corrected chi connectivity index (χ3v) is 2.32. The maximum atomic E-state index is 11.0. The van der Waals surface area contributed by atoms with Crippen LogP contribution in [0.4, 0.5) is 10.5 Å². The summed E-state index contributed by atoms with van der Waals surface area (Å²) in [6.45, 7) is 0. The van der Waals surface area contributed by atoms with E-state index in [2.05, 4.69) is 12.6 Å². The molecule has 5 heteroatoms. The molecule has 1 amide bonds. The average Bonchev–Trinajstić information content (AvgIpc) is 2.16. The van der Waals surface area contributed by atoms with Crippen molar-refractivity contribution in [3.8, 4) is 5.75 Å². The summed E-state index contributed by atoms with van der Waals surface area (Å²) in [7, 11) is 3.13. The summed E-state index contributed by atoms with van der Waals surface area (Å²) in [6, 6.07) is 5.04. The zero-order chi connectivity index (χ0) is 10.7. The predicted octanol–water partition coefficient (Wildman–Crippen LogP) is 2.83. The molecule has 1 aromatic rings. The number of methoxy groups -OCH3 is 1. The Bertz CT molecular complexity index is 357. The third-order valence-electron chi connectivity index (χ3n) is 1.79. The second kappa shape index (κ2) is 4.57. The monoisotopic (exact) mass is 231 g/mol. The first-order valence-corrected chi connectivity index (χ1v) is 4.69. The van der Waals surface area contributed by atoms with Crippen LogP contribution in [0.3, 0.4) is 0 Å². The molecule has 0 saturated carbocycles. The number of benzene rings is 1. The molecule has 0 aliphatic carbocycles. The van der Waals surface area contributed by atoms with Crippen molar-refractivity contribution in [2.45, 2.75) is 0 Å². The van der Waals surface area contributed by atoms with Crippen LogP contribution in [-0.4, -0.2) is 19.4 Å². The van der Waals surface area contributed by atoms with Crippen molar-refractivity contribution in [2.75, 3.05) is 19.1 Å². The lowest BCUT2D eigenvalue weighted by molar-refractivity contribution is 0.266. The molecule has 0 saturated heterocycles. The smallest absolute Gasteiger partial charge is 0.282 e. The maximum Gasteiger partial charge on any atom is 0.282 e. The Balaban J connectivity index is 3.16. The Hall–Kier alpha value is -0.870. The summed E-state index contributed by atoms with van der Waals surface area (Å²) in [4.78, 5) is 12.4. The Kier molecular flexibility index (Phi) is 3.66. The van der Waals surface area contributed by atoms with E-state index in [1.807, 2.05) is 0 Å². The Labute approximate surface area is 93.0 Å². The minimum absolute atomic E-state index is 0.370. The van der Waals surface area contributed by atoms with Gasteiger partial charge in [0.15, 0.2) is 0 Å². The summed E-state index contributed by atoms with van der Waals surface area (Å²) in [5.41, 5.74) is 0.597. The Morgan fingerprint density at radius 3 is 2.71 bits per heavy atom. The van der Waals surface area contributed by atoms with Crippen molar-refractivity contribution in [1.29, 1.82) is 0 Å². The minimum atomic E-state index is -0.370. The number of hydrogen-bond acceptors (Lipinski definition) is 2. The lowest BCUT2D eigenvalue weighted by atomic mass is 10.3. The molecule has 0 radical (unpaired) electrons. The Morgan fingerprint density at radius 1 is 1.57 bits per heavy atom. The first kappa shape index (κ1) is 11.2. The van der Waals surface area contributed by atoms with Crippen LogP contribution in [-0.2, 0) is 0 Å². The number of hydrogen-bond donors (Lipinski definition) is 1. The fourth-order valence-electron chi connectivity index (χ4n) is 1.03. The van der Waals surface area contributed by atoms with Crippen molar-refractivity contribution < 1.29 is 9.53 Å². The molecular formula is C9H10ClNO2S. The second-order valence-corrected chi connectivity index (χ2v) is 3.48. The zero-order valence-electron chi connectivity index (χ0n) is 7.82. The number of amides is 1. The van der Waals surface area contributed by atoms with Gasteiger partial charge in [0.25, 0.3) is 5.24 Å². The predicted molar refractivity (Wildman–Crippen MR) is 60.8 cm³/mol. The molecule has 14 heavy (non-hydrogen) atoms. The van der Waals surface area contributed by atoms with Gasteiger partial charge in [-0.25, -0.2) is 0 Å². The lowest BCUT2D eigenvalue weighted by Gasteiger charge is -2.17. The van der Waals surface area contributed by atoms with Crippen LogP contribution in [0.25, 0.3) is 0 Å². The van der Waals surface area contributed by atoms with E-state index >= 15 is 0 Å². The molecule has 1 aromatic carbocycles. The number of anilines is 1. The minimum Gasteiger partial charge on any atom is -0.495 e. The van der Waals surface area contributed by atoms with Gasteiger partial charge in [0, 0.05) is 12.1 Å². The van der Waals surface area contributed by atoms with E-state index in [1.165, 1.54) is 12.0 Å². The van der Waals surface area contributed by atoms with Crippen LogP contribution in [0.1, 0.15) is 0 Å². The van der Waals surface area contributed by atoms with Crippen molar-refractivity contribution >= 4 is 35.2 Å². The number of rotatable bonds is 2. The van der Waals surface area contributed by atoms with Gasteiger partial charge < -0.3 is 9.64 Å². The van der Waals surface area contributed by atoms with Crippen molar-refractivity contribution in [2.24, 2.45) is 0 Å². The number of nitrogens with zero attached hydrogens (tertiary/aromatic N) is 1. The molecule has 0 aliphatic rings. The highest BCUT2D eigenvalue weighted by atomic mass is 35.5. The molecule has 0 aliphatic heterocycles. The van der Waals surface area contributed by atoms with E-state index in [0.717, 1.165) is 0 Å². The molecule has 3 nitrogen and oxygen atoms in total. The standard InChI is InChI=1S/C9H10ClNO2S/c1-11(9(12)14)7-5-6(10)3-4-8(7)13-2/h3-5H,1-2H3,(H,12,14). The molecule has 0 heterocycles. The highest BCUT2D eigenvalue weighted by Gasteiger charge is 2.12. The van der Waals surface area contributed by atoms with Crippen LogP contribution in [0, 0.1) is 0 Å². The summed E-state index contributed by atoms with van der Waals surface area (Å²) < 4.78 is 5.09. The average molecular weight is 232 g/mol. The van der Waals surface area contributed by atoms with Gasteiger partial charge in [0.05, 0.1) is 12.8 Å². The van der Waals surface area contributed by atoms with E-state index in [1.54, 1.807) is 25.2 Å². The number of carbonyl (C=O) groups excluding carboxylic acids is 1. The van der Waals surface area contributed by atoms with Gasteiger partial charge in [-0.1, -0.05) is 24.2 Å². The van der Waals surface area contributed by atoms with E-state index < -0.39 is 0 Å². The quantitative estimate of drug-likeness (QED) is 0.794. The Morgan fingerprint density at radius 2 is 2.21 bits per heavy atom. The fourth-order valence-corrected chi connectivity index (χ4v) is 1.30. The highest BCUT2D eigenvalue weighted by molar-refractivity contribution is 7.96. The fraction of sp³-hybridized carbons (Fsp3) is 0.222. The first-order chi connectivity index (χ1) is 6.56. The van der Waals surface area contributed by atoms with E-state index in [0.29, 0.717) is 16.5 Å². The summed E-state index contributed by atoms with van der Waals surface area (Å²) >= 11 is 9.52. The van der Waals surface area contributed by atoms with Gasteiger partial charge in [-0.3, -0.25) is 4.79 Å². The van der Waals surface area contributed by atoms with Gasteiger partial charge in [-0.05, 0) is 18.2 Å². The number of carbonyl (C=O) groups is 1. The van der Waals surface area contributed by atoms with Gasteiger partial charge in [0.2, 0.25) is 0 Å². The molecule has 0 aromatic heterocycles. The molecular weight excluding hydrogens is 222 g/mol. The van der Waals surface area contributed by atoms with Crippen LogP contribution in [0.15, 0.2) is 18.2 Å². The number of halogens is 1. The summed E-state index contributed by atoms with van der Waals surface area (Å²) in [5, 5.41) is 0.174. The normalized spacial score (nSPS) is 9.71. The van der Waals surface area contributed by atoms with Gasteiger partial charge in [0.1, 0.15) is 5.75 Å². The highest BCUT2D eigenvalue weighted by Crippen LogP contribution is 2.30. The number of thiol groups is 1. The molecule has 0 N–H and O–H groups in total. The number of ether oxygens (including phenoxy) is 1. The first-order valence-electron chi connectivity index (χ1n) is 3.86. The van der Waals surface area contributed by atoms with E-state index in [4.69, 9.17) is 16.3 Å². The molecule has 0 spiro atoms. The summed E-state index contributed by atoms with van der Waals surface area (Å²) in [5.74, 6) is 0.583. The molecule has 1 rings (SSSR count). The molecule has 0 unspecified atom stereocenters. The van der Waals surface area contributed by atoms with Gasteiger partial charge in [-0.15, -0.1) is 0 Å². The van der Waals surface area contributed by atoms with Crippen LogP contribution in [0.2, 0.25) is 5.02 Å². The second-order valence-electron chi connectivity index (χ2n) is 2.66. The van der Waals surface area contributed by atoms with Crippen LogP contribution >= 0.6 is 24.2 Å². The van der Waals surface area contributed by atoms with Crippen molar-refractivity contribution in [3.63, 3.8) is 0 Å². The van der Waals surface area contributed by atoms with Gasteiger partial charge >= 0.3 is 0 Å². The van der Waals surface area contributed by atoms with Crippen molar-refractivity contribution in [1.82, 2.24) is 0 Å². The molecule has 76 valence electrons. The van der Waals surface area contributed by atoms with E-state index in [9.17, 15) is 4.79 Å². The molecule has 0 bridgehead atoms. The summed E-state index contributed by atoms with van der Waals surface area (Å²) in [6.07, 6.45) is 0. The van der Waals surface area contributed by atoms with Gasteiger partial charge in [-0.2, -0.15) is 0 Å². The SMILES string of the molecule is COc1ccc(Cl)cc1N(C)C(=O)S. The molecule has 0 fully saturated rings. The topological polar surface area (TPSA) is 29.5 Å². The largest absolute Gasteiger partial charge is 0.495 e. The molecule has 0 atom stereocenters. The van der Waals surface area contributed by atoms with Crippen molar-refractivity contribution in [3.05, 3.63) is 23.2 Å². The lowest BCUT2D eigenvalue weighted by Crippen LogP contribution is -2.20. The van der Waals surface area contributed by atoms with Crippen LogP contribution < -0.4 is 9.64 Å². The zero-order valence-corrected chi connectivity index (χ0v) is 9.47. The maximum absolute atomic E-state index is 11.0. The van der Waals surface area contributed by atoms with E-state index in [-0.39, 0.29) is 5.24 Å². The third kappa shape index (κ3) is 2.33. The van der Waals surface area contributed by atoms with Crippen LogP contribution in [0.5, 0.6) is 5.75 Å².